The van der Waals surface area contributed by atoms with Crippen molar-refractivity contribution >= 4 is 102 Å². The van der Waals surface area contributed by atoms with Crippen molar-refractivity contribution in [3.63, 3.8) is 0 Å². The van der Waals surface area contributed by atoms with Crippen molar-refractivity contribution in [1.29, 1.82) is 0 Å². The molecule has 14 aromatic rings. The van der Waals surface area contributed by atoms with Gasteiger partial charge in [0, 0.05) is 0 Å². The molecule has 12 aromatic carbocycles. The van der Waals surface area contributed by atoms with Crippen molar-refractivity contribution in [2.75, 3.05) is 13.2 Å². The number of carbonyl (C=O) groups is 2. The van der Waals surface area contributed by atoms with Crippen LogP contribution in [0.3, 0.4) is 0 Å². The number of aromatic nitrogens is 6. The molecule has 8 bridgehead atoms. The van der Waals surface area contributed by atoms with E-state index in [-0.39, 0.29) is 48.1 Å². The number of fused-ring (bicyclic) bond motifs is 12. The molecule has 3 heterocycles. The molecule has 0 atom stereocenters. The second-order valence-corrected chi connectivity index (χ2v) is 36.8. The van der Waals surface area contributed by atoms with Crippen LogP contribution in [0.25, 0.3) is 43.1 Å². The van der Waals surface area contributed by atoms with Gasteiger partial charge in [-0.15, -0.1) is 10.2 Å². The predicted octanol–water partition coefficient (Wildman–Crippen LogP) is 23.1. The Hall–Kier alpha value is -10.5. The molecule has 0 amide bonds. The van der Waals surface area contributed by atoms with Crippen LogP contribution in [0.4, 0.5) is 0 Å². The molecule has 0 saturated carbocycles. The minimum absolute atomic E-state index is 0.123. The van der Waals surface area contributed by atoms with Crippen LogP contribution in [0.1, 0.15) is 139 Å². The number of ether oxygens (including phenoxy) is 6. The molecule has 0 fully saturated rings. The number of rotatable bonds is 20. The summed E-state index contributed by atoms with van der Waals surface area (Å²) in [5, 5.41) is 27.2. The largest absolute Gasteiger partial charge is 0.487 e. The maximum absolute atomic E-state index is 14.6. The molecule has 0 spiro atoms. The summed E-state index contributed by atoms with van der Waals surface area (Å²) in [5.74, 6) is 1.04. The van der Waals surface area contributed by atoms with Crippen molar-refractivity contribution < 1.29 is 38.0 Å². The molecule has 568 valence electrons. The van der Waals surface area contributed by atoms with E-state index in [0.29, 0.717) is 47.5 Å². The molecule has 0 aliphatic carbocycles. The average molecular weight is 1560 g/mol. The van der Waals surface area contributed by atoms with E-state index in [9.17, 15) is 9.59 Å². The summed E-state index contributed by atoms with van der Waals surface area (Å²) in [7, 11) is 0. The first-order valence-corrected chi connectivity index (χ1v) is 41.0. The fourth-order valence-electron chi connectivity index (χ4n) is 13.6. The average Bonchev–Trinajstić information content (AvgIpc) is 0.947. The highest BCUT2D eigenvalue weighted by molar-refractivity contribution is 8.01. The van der Waals surface area contributed by atoms with Crippen molar-refractivity contribution in [2.45, 2.75) is 183 Å². The van der Waals surface area contributed by atoms with E-state index in [0.717, 1.165) is 127 Å². The van der Waals surface area contributed by atoms with E-state index in [1.807, 2.05) is 48.8 Å². The van der Waals surface area contributed by atoms with Crippen molar-refractivity contribution in [2.24, 2.45) is 0 Å². The van der Waals surface area contributed by atoms with E-state index in [1.165, 1.54) is 47.0 Å². The third-order valence-corrected chi connectivity index (χ3v) is 24.1. The number of esters is 2. The number of carbonyl (C=O) groups excluding carboxylic acids is 2. The Labute approximate surface area is 671 Å². The van der Waals surface area contributed by atoms with Gasteiger partial charge in [-0.2, -0.15) is 0 Å². The van der Waals surface area contributed by atoms with Crippen LogP contribution in [0.15, 0.2) is 270 Å². The van der Waals surface area contributed by atoms with Gasteiger partial charge in [0.25, 0.3) is 0 Å². The lowest BCUT2D eigenvalue weighted by Gasteiger charge is -2.28. The molecular formula is C94H90N6O8S4. The Balaban J connectivity index is 0.828. The fourth-order valence-corrected chi connectivity index (χ4v) is 18.4. The maximum atomic E-state index is 14.6. The molecule has 1 aliphatic rings. The summed E-state index contributed by atoms with van der Waals surface area (Å²) >= 11 is 6.12. The van der Waals surface area contributed by atoms with E-state index >= 15 is 0 Å². The van der Waals surface area contributed by atoms with Gasteiger partial charge in [0.1, 0.15) is 60.8 Å². The van der Waals surface area contributed by atoms with Gasteiger partial charge >= 0.3 is 11.9 Å². The van der Waals surface area contributed by atoms with Crippen LogP contribution < -0.4 is 18.9 Å². The van der Waals surface area contributed by atoms with Crippen LogP contribution in [0, 0.1) is 0 Å². The number of nitrogens with zero attached hydrogens (tertiary/aromatic N) is 6. The van der Waals surface area contributed by atoms with Crippen LogP contribution in [0.5, 0.6) is 23.0 Å². The lowest BCUT2D eigenvalue weighted by Crippen LogP contribution is -2.17. The van der Waals surface area contributed by atoms with Gasteiger partial charge in [0.2, 0.25) is 0 Å². The number of hydrogen-bond donors (Lipinski definition) is 0. The van der Waals surface area contributed by atoms with Crippen LogP contribution >= 0.6 is 47.0 Å². The topological polar surface area (TPSA) is 151 Å². The maximum Gasteiger partial charge on any atom is 0.344 e. The van der Waals surface area contributed by atoms with Gasteiger partial charge in [0.05, 0.1) is 64.6 Å². The summed E-state index contributed by atoms with van der Waals surface area (Å²) < 4.78 is 44.6. The Morgan fingerprint density at radius 3 is 0.857 bits per heavy atom. The Morgan fingerprint density at radius 1 is 0.321 bits per heavy atom. The van der Waals surface area contributed by atoms with Crippen molar-refractivity contribution in [1.82, 2.24) is 30.0 Å². The molecule has 2 aromatic heterocycles. The number of hydrogen-bond acceptors (Lipinski definition) is 16. The lowest BCUT2D eigenvalue weighted by atomic mass is 9.87. The van der Waals surface area contributed by atoms with Crippen LogP contribution in [0.2, 0.25) is 0 Å². The highest BCUT2D eigenvalue weighted by Gasteiger charge is 2.32. The second kappa shape index (κ2) is 32.3. The Kier molecular flexibility index (Phi) is 22.2. The molecule has 14 nitrogen and oxygen atoms in total. The Bertz CT molecular complexity index is 5290. The molecule has 0 saturated heterocycles. The number of benzene rings is 12. The second-order valence-electron chi connectivity index (χ2n) is 32.5. The molecule has 18 heteroatoms. The molecule has 0 radical (unpaired) electrons. The zero-order valence-electron chi connectivity index (χ0n) is 65.2. The zero-order valence-corrected chi connectivity index (χ0v) is 68.4. The quantitative estimate of drug-likeness (QED) is 0.0525. The predicted molar refractivity (Wildman–Crippen MR) is 450 cm³/mol. The summed E-state index contributed by atoms with van der Waals surface area (Å²) in [5.41, 5.74) is 7.84. The molecule has 15 rings (SSSR count). The first kappa shape index (κ1) is 76.8. The summed E-state index contributed by atoms with van der Waals surface area (Å²) in [6.45, 7) is 26.9. The van der Waals surface area contributed by atoms with Gasteiger partial charge < -0.3 is 28.4 Å². The van der Waals surface area contributed by atoms with Gasteiger partial charge in [-0.05, 0) is 170 Å². The van der Waals surface area contributed by atoms with Crippen molar-refractivity contribution in [3.8, 4) is 23.0 Å². The van der Waals surface area contributed by atoms with E-state index in [1.54, 1.807) is 9.36 Å². The first-order chi connectivity index (χ1) is 53.8. The first-order valence-electron chi connectivity index (χ1n) is 37.7. The van der Waals surface area contributed by atoms with E-state index < -0.39 is 25.2 Å². The highest BCUT2D eigenvalue weighted by Crippen LogP contribution is 2.57. The summed E-state index contributed by atoms with van der Waals surface area (Å²) in [4.78, 5) is 35.4. The summed E-state index contributed by atoms with van der Waals surface area (Å²) in [6, 6.07) is 75.9. The highest BCUT2D eigenvalue weighted by atomic mass is 32.2. The molecule has 1 aliphatic heterocycles. The van der Waals surface area contributed by atoms with Crippen LogP contribution in [-0.2, 0) is 80.2 Å². The minimum Gasteiger partial charge on any atom is -0.487 e. The van der Waals surface area contributed by atoms with Gasteiger partial charge in [0.15, 0.2) is 13.2 Å². The normalized spacial score (nSPS) is 12.7. The smallest absolute Gasteiger partial charge is 0.344 e. The minimum atomic E-state index is -0.585. The summed E-state index contributed by atoms with van der Waals surface area (Å²) in [6.07, 6.45) is 3.67. The van der Waals surface area contributed by atoms with Gasteiger partial charge in [-0.25, -0.2) is 19.0 Å². The third-order valence-electron chi connectivity index (χ3n) is 19.9. The van der Waals surface area contributed by atoms with Crippen LogP contribution in [-0.4, -0.2) is 55.1 Å². The van der Waals surface area contributed by atoms with Gasteiger partial charge in [-0.3, -0.25) is 0 Å². The molecule has 112 heavy (non-hydrogen) atoms. The zero-order chi connectivity index (χ0) is 78.1. The SMILES string of the molecule is CC(C)(C)c1cc2c(OCC(=O)OCc3cn(Cc4c5ccccc5cc5ccccc45)nn3)c(c1)Sc1cc(C(C)(C)C)cc(c1OCc1ccccc1)Sc1cc(C(C)(C)C)cc(c1OCC(=O)OCc1cn(Cc3c4ccccc4cc4ccccc34)nn1)Sc1cc(C(C)(C)C)cc(c1OCc1ccccc1)S2. The van der Waals surface area contributed by atoms with Gasteiger partial charge in [-0.1, -0.05) is 298 Å². The standard InChI is InChI=1S/C94H90N6O8S4/c1-91(2,3)65-41-77-87(105-53-59-27-15-13-16-28-59)78(42-65)110-82-46-68(94(10,11)12)48-84(90(82)108-58-86(102)104-56-70-50-100(98-96-70)52-76-73-37-25-21-33-63(73)40-64-34-22-26-38-74(64)76)112-80-44-66(92(4,5)6)43-79(88(80)106-54-60-29-17-14-18-30-60)111-83-47-67(93(7,8)9)45-81(109-77)89(83)107-57-85(101)103-55-69-49-99(97-95-69)51-75-71-35-23-19-31-61(71)39-62-32-20-24-36-72(62)75/h13-50H,51-58H2,1-12H3. The van der Waals surface area contributed by atoms with Crippen molar-refractivity contribution in [3.05, 3.63) is 287 Å². The molecule has 0 unspecified atom stereocenters. The monoisotopic (exact) mass is 1560 g/mol. The third kappa shape index (κ3) is 17.7. The Morgan fingerprint density at radius 2 is 0.580 bits per heavy atom. The molecule has 0 N–H and O–H groups in total. The van der Waals surface area contributed by atoms with E-state index in [2.05, 4.69) is 286 Å². The molecular weight excluding hydrogens is 1470 g/mol. The lowest BCUT2D eigenvalue weighted by molar-refractivity contribution is -0.148. The van der Waals surface area contributed by atoms with E-state index in [4.69, 9.17) is 28.4 Å². The fraction of sp³-hybridized carbons (Fsp3) is 0.255.